The Labute approximate surface area is 286 Å². The Kier molecular flexibility index (Phi) is 7.82. The molecule has 8 aromatic rings. The van der Waals surface area contributed by atoms with Gasteiger partial charge in [0, 0.05) is 22.3 Å². The highest BCUT2D eigenvalue weighted by atomic mass is 14.9. The Hall–Kier alpha value is -6.63. The van der Waals surface area contributed by atoms with Crippen LogP contribution in [-0.2, 0) is 0 Å². The van der Waals surface area contributed by atoms with Crippen molar-refractivity contribution in [3.8, 4) is 73.4 Å². The first-order valence-electron chi connectivity index (χ1n) is 16.4. The predicted octanol–water partition coefficient (Wildman–Crippen LogP) is 11.8. The van der Waals surface area contributed by atoms with Gasteiger partial charge in [-0.1, -0.05) is 158 Å². The zero-order valence-electron chi connectivity index (χ0n) is 27.0. The molecule has 49 heavy (non-hydrogen) atoms. The Morgan fingerprint density at radius 3 is 1.27 bits per heavy atom. The van der Waals surface area contributed by atoms with Crippen LogP contribution >= 0.6 is 0 Å². The second kappa shape index (κ2) is 12.9. The van der Waals surface area contributed by atoms with E-state index in [0.717, 1.165) is 61.7 Å². The maximum Gasteiger partial charge on any atom is 0.160 e. The van der Waals surface area contributed by atoms with Crippen molar-refractivity contribution in [2.45, 2.75) is 6.92 Å². The lowest BCUT2D eigenvalue weighted by molar-refractivity contribution is 1.15. The normalized spacial score (nSPS) is 10.9. The van der Waals surface area contributed by atoms with Gasteiger partial charge >= 0.3 is 0 Å². The van der Waals surface area contributed by atoms with E-state index in [1.807, 2.05) is 60.7 Å². The Morgan fingerprint density at radius 1 is 0.388 bits per heavy atom. The van der Waals surface area contributed by atoms with Crippen LogP contribution in [0.1, 0.15) is 11.1 Å². The van der Waals surface area contributed by atoms with Gasteiger partial charge in [0.15, 0.2) is 5.82 Å². The summed E-state index contributed by atoms with van der Waals surface area (Å²) in [5.74, 6) is 0.720. The first-order valence-corrected chi connectivity index (χ1v) is 16.4. The fraction of sp³-hybridized carbons (Fsp3) is 0.0217. The molecule has 0 radical (unpaired) electrons. The van der Waals surface area contributed by atoms with Crippen molar-refractivity contribution in [1.82, 2.24) is 9.97 Å². The first-order chi connectivity index (χ1) is 24.2. The summed E-state index contributed by atoms with van der Waals surface area (Å²) in [5.41, 5.74) is 13.7. The molecule has 0 N–H and O–H groups in total. The van der Waals surface area contributed by atoms with E-state index in [1.54, 1.807) is 0 Å². The highest BCUT2D eigenvalue weighted by Gasteiger charge is 2.16. The van der Waals surface area contributed by atoms with Gasteiger partial charge in [0.05, 0.1) is 23.0 Å². The Bertz CT molecular complexity index is 2460. The van der Waals surface area contributed by atoms with Gasteiger partial charge in [0.2, 0.25) is 0 Å². The second-order valence-electron chi connectivity index (χ2n) is 12.2. The molecule has 0 unspecified atom stereocenters. The van der Waals surface area contributed by atoms with E-state index in [2.05, 4.69) is 122 Å². The third-order valence-electron chi connectivity index (χ3n) is 9.16. The van der Waals surface area contributed by atoms with E-state index >= 15 is 0 Å². The molecule has 230 valence electrons. The van der Waals surface area contributed by atoms with Crippen LogP contribution in [0.15, 0.2) is 170 Å². The van der Waals surface area contributed by atoms with Crippen LogP contribution in [0.25, 0.3) is 78.1 Å². The molecule has 0 aliphatic rings. The number of hydrogen-bond donors (Lipinski definition) is 0. The smallest absolute Gasteiger partial charge is 0.160 e. The molecule has 7 aromatic carbocycles. The van der Waals surface area contributed by atoms with Gasteiger partial charge in [0.1, 0.15) is 0 Å². The summed E-state index contributed by atoms with van der Waals surface area (Å²) in [4.78, 5) is 10.1. The van der Waals surface area contributed by atoms with Crippen molar-refractivity contribution in [1.29, 1.82) is 5.26 Å². The van der Waals surface area contributed by atoms with Crippen LogP contribution < -0.4 is 0 Å². The van der Waals surface area contributed by atoms with E-state index in [4.69, 9.17) is 9.97 Å². The Balaban J connectivity index is 1.12. The lowest BCUT2D eigenvalue weighted by Crippen LogP contribution is -2.00. The SMILES string of the molecule is Cc1c(-c2ccccc2)nc(-c2ccccc2)nc1-c1ccc(-c2ccc(-c3ccc(-c4ccc(C#N)cc4)c4ccccc34)cc2)cc1. The standard InChI is InChI=1S/C46H31N3/c1-31-44(37-10-4-2-5-11-37)48-46(39-12-6-3-7-13-39)49-45(31)38-26-22-34(23-27-38)33-20-24-36(25-21-33)41-29-28-40(42-14-8-9-15-43(41)42)35-18-16-32(30-47)17-19-35/h2-29H,1H3. The Morgan fingerprint density at radius 2 is 0.776 bits per heavy atom. The van der Waals surface area contributed by atoms with Crippen molar-refractivity contribution >= 4 is 10.8 Å². The predicted molar refractivity (Wildman–Crippen MR) is 202 cm³/mol. The van der Waals surface area contributed by atoms with Gasteiger partial charge in [-0.15, -0.1) is 0 Å². The molecule has 0 spiro atoms. The van der Waals surface area contributed by atoms with Gasteiger partial charge in [-0.3, -0.25) is 0 Å². The number of rotatable bonds is 6. The summed E-state index contributed by atoms with van der Waals surface area (Å²) >= 11 is 0. The maximum absolute atomic E-state index is 9.23. The lowest BCUT2D eigenvalue weighted by atomic mass is 9.91. The molecule has 0 aliphatic carbocycles. The van der Waals surface area contributed by atoms with Crippen molar-refractivity contribution in [2.24, 2.45) is 0 Å². The summed E-state index contributed by atoms with van der Waals surface area (Å²) in [5, 5.41) is 11.6. The topological polar surface area (TPSA) is 49.6 Å². The average molecular weight is 626 g/mol. The molecule has 3 heteroatoms. The molecule has 0 aliphatic heterocycles. The number of nitriles is 1. The number of hydrogen-bond acceptors (Lipinski definition) is 3. The minimum Gasteiger partial charge on any atom is -0.228 e. The molecule has 0 bridgehead atoms. The van der Waals surface area contributed by atoms with Crippen LogP contribution in [0, 0.1) is 18.3 Å². The van der Waals surface area contributed by atoms with Crippen molar-refractivity contribution in [3.05, 3.63) is 181 Å². The monoisotopic (exact) mass is 625 g/mol. The second-order valence-corrected chi connectivity index (χ2v) is 12.2. The number of aromatic nitrogens is 2. The van der Waals surface area contributed by atoms with E-state index in [0.29, 0.717) is 5.56 Å². The fourth-order valence-corrected chi connectivity index (χ4v) is 6.58. The summed E-state index contributed by atoms with van der Waals surface area (Å²) in [6.07, 6.45) is 0. The van der Waals surface area contributed by atoms with Crippen LogP contribution in [0.4, 0.5) is 0 Å². The fourth-order valence-electron chi connectivity index (χ4n) is 6.58. The summed E-state index contributed by atoms with van der Waals surface area (Å²) in [6, 6.07) is 61.0. The molecule has 0 saturated carbocycles. The molecule has 3 nitrogen and oxygen atoms in total. The van der Waals surface area contributed by atoms with Gasteiger partial charge in [-0.2, -0.15) is 5.26 Å². The van der Waals surface area contributed by atoms with Gasteiger partial charge in [-0.05, 0) is 63.2 Å². The van der Waals surface area contributed by atoms with Crippen molar-refractivity contribution in [2.75, 3.05) is 0 Å². The van der Waals surface area contributed by atoms with E-state index in [1.165, 1.54) is 21.9 Å². The van der Waals surface area contributed by atoms with Gasteiger partial charge < -0.3 is 0 Å². The minimum atomic E-state index is 0.665. The summed E-state index contributed by atoms with van der Waals surface area (Å²) in [7, 11) is 0. The molecule has 0 amide bonds. The molecule has 0 atom stereocenters. The molecule has 0 fully saturated rings. The van der Waals surface area contributed by atoms with E-state index in [9.17, 15) is 5.26 Å². The molecule has 1 aromatic heterocycles. The number of benzene rings is 7. The molecular formula is C46H31N3. The average Bonchev–Trinajstić information content (AvgIpc) is 3.18. The summed E-state index contributed by atoms with van der Waals surface area (Å²) in [6.45, 7) is 2.11. The van der Waals surface area contributed by atoms with Crippen molar-refractivity contribution in [3.63, 3.8) is 0 Å². The van der Waals surface area contributed by atoms with Crippen LogP contribution in [-0.4, -0.2) is 9.97 Å². The van der Waals surface area contributed by atoms with E-state index in [-0.39, 0.29) is 0 Å². The number of fused-ring (bicyclic) bond motifs is 1. The van der Waals surface area contributed by atoms with Crippen LogP contribution in [0.3, 0.4) is 0 Å². The van der Waals surface area contributed by atoms with Crippen LogP contribution in [0.2, 0.25) is 0 Å². The first kappa shape index (κ1) is 29.8. The van der Waals surface area contributed by atoms with Crippen LogP contribution in [0.5, 0.6) is 0 Å². The highest BCUT2D eigenvalue weighted by Crippen LogP contribution is 2.37. The van der Waals surface area contributed by atoms with Crippen molar-refractivity contribution < 1.29 is 0 Å². The zero-order valence-corrected chi connectivity index (χ0v) is 27.0. The van der Waals surface area contributed by atoms with Gasteiger partial charge in [0.25, 0.3) is 0 Å². The third-order valence-corrected chi connectivity index (χ3v) is 9.16. The molecule has 1 heterocycles. The van der Waals surface area contributed by atoms with Gasteiger partial charge in [-0.25, -0.2) is 9.97 Å². The molecule has 0 saturated heterocycles. The highest BCUT2D eigenvalue weighted by molar-refractivity contribution is 6.05. The zero-order chi connectivity index (χ0) is 33.2. The van der Waals surface area contributed by atoms with E-state index < -0.39 is 0 Å². The quantitative estimate of drug-likeness (QED) is 0.185. The lowest BCUT2D eigenvalue weighted by Gasteiger charge is -2.14. The summed E-state index contributed by atoms with van der Waals surface area (Å²) < 4.78 is 0. The largest absolute Gasteiger partial charge is 0.228 e. The third kappa shape index (κ3) is 5.78. The molecule has 8 rings (SSSR count). The number of nitrogens with zero attached hydrogens (tertiary/aromatic N) is 3. The maximum atomic E-state index is 9.23. The molecular weight excluding hydrogens is 595 g/mol. The minimum absolute atomic E-state index is 0.665.